The van der Waals surface area contributed by atoms with Gasteiger partial charge in [0.15, 0.2) is 0 Å². The van der Waals surface area contributed by atoms with E-state index >= 15 is 0 Å². The lowest BCUT2D eigenvalue weighted by Crippen LogP contribution is -2.47. The number of hydrogen-bond donors (Lipinski definition) is 1. The molecule has 0 amide bonds. The molecule has 0 aromatic heterocycles. The molecule has 1 aliphatic heterocycles. The molecule has 150 valence electrons. The largest absolute Gasteiger partial charge is 0.315 e. The Hall–Kier alpha value is -1.64. The molecule has 2 heteroatoms. The third-order valence-electron chi connectivity index (χ3n) is 6.98. The van der Waals surface area contributed by atoms with Crippen molar-refractivity contribution >= 4 is 0 Å². The van der Waals surface area contributed by atoms with Gasteiger partial charge in [0.2, 0.25) is 0 Å². The van der Waals surface area contributed by atoms with Gasteiger partial charge in [-0.05, 0) is 48.6 Å². The van der Waals surface area contributed by atoms with E-state index in [-0.39, 0.29) is 0 Å². The van der Waals surface area contributed by atoms with E-state index in [1.54, 1.807) is 0 Å². The van der Waals surface area contributed by atoms with Crippen LogP contribution in [0.3, 0.4) is 0 Å². The second kappa shape index (κ2) is 8.00. The summed E-state index contributed by atoms with van der Waals surface area (Å²) in [5.74, 6) is 1.31. The molecule has 2 fully saturated rings. The van der Waals surface area contributed by atoms with Crippen molar-refractivity contribution in [2.75, 3.05) is 26.2 Å². The molecule has 1 saturated carbocycles. The molecule has 2 aromatic carbocycles. The monoisotopic (exact) mass is 376 g/mol. The van der Waals surface area contributed by atoms with Crippen LogP contribution in [0.25, 0.3) is 0 Å². The molecule has 2 bridgehead atoms. The first-order valence-corrected chi connectivity index (χ1v) is 11.0. The van der Waals surface area contributed by atoms with Crippen LogP contribution in [-0.4, -0.2) is 36.6 Å². The van der Waals surface area contributed by atoms with E-state index in [1.807, 2.05) is 0 Å². The molecule has 0 radical (unpaired) electrons. The molecule has 1 saturated heterocycles. The Balaban J connectivity index is 1.36. The van der Waals surface area contributed by atoms with Crippen LogP contribution < -0.4 is 5.32 Å². The van der Waals surface area contributed by atoms with E-state index in [9.17, 15) is 0 Å². The maximum absolute atomic E-state index is 3.79. The first-order valence-electron chi connectivity index (χ1n) is 11.0. The van der Waals surface area contributed by atoms with Crippen molar-refractivity contribution in [3.8, 4) is 0 Å². The zero-order valence-corrected chi connectivity index (χ0v) is 17.8. The number of nitrogens with zero attached hydrogens (tertiary/aromatic N) is 1. The number of likely N-dealkylation sites (tertiary alicyclic amines) is 1. The second-order valence-electron chi connectivity index (χ2n) is 10.1. The van der Waals surface area contributed by atoms with Gasteiger partial charge in [0.25, 0.3) is 0 Å². The molecule has 1 aliphatic carbocycles. The molecule has 0 spiro atoms. The molecule has 1 heterocycles. The molecule has 1 N–H and O–H groups in total. The lowest BCUT2D eigenvalue weighted by atomic mass is 9.67. The highest BCUT2D eigenvalue weighted by molar-refractivity contribution is 5.32. The molecule has 2 atom stereocenters. The van der Waals surface area contributed by atoms with Crippen molar-refractivity contribution in [2.24, 2.45) is 11.3 Å². The van der Waals surface area contributed by atoms with E-state index < -0.39 is 0 Å². The lowest BCUT2D eigenvalue weighted by Gasteiger charge is -2.43. The predicted octanol–water partition coefficient (Wildman–Crippen LogP) is 5.31. The van der Waals surface area contributed by atoms with Crippen LogP contribution in [0, 0.1) is 11.3 Å². The molecule has 2 aliphatic rings. The normalized spacial score (nSPS) is 26.6. The van der Waals surface area contributed by atoms with E-state index in [1.165, 1.54) is 43.5 Å². The molecule has 2 aromatic rings. The van der Waals surface area contributed by atoms with Crippen LogP contribution in [0.5, 0.6) is 0 Å². The highest BCUT2D eigenvalue weighted by Gasteiger charge is 2.49. The average molecular weight is 377 g/mol. The molecule has 28 heavy (non-hydrogen) atoms. The van der Waals surface area contributed by atoms with Crippen LogP contribution in [0.15, 0.2) is 60.7 Å². The second-order valence-corrected chi connectivity index (χ2v) is 10.1. The third-order valence-corrected chi connectivity index (χ3v) is 6.98. The zero-order chi connectivity index (χ0) is 19.6. The van der Waals surface area contributed by atoms with Gasteiger partial charge in [0.1, 0.15) is 0 Å². The number of rotatable bonds is 7. The SMILES string of the molecule is CC1(C)CC2CN(CCNCC(c3ccccc3)c3ccccc3)C(C)(C2)C1. The molecule has 2 unspecified atom stereocenters. The van der Waals surface area contributed by atoms with Crippen LogP contribution in [0.1, 0.15) is 57.1 Å². The Bertz CT molecular complexity index is 715. The van der Waals surface area contributed by atoms with Gasteiger partial charge in [-0.1, -0.05) is 74.5 Å². The summed E-state index contributed by atoms with van der Waals surface area (Å²) in [6, 6.07) is 21.8. The van der Waals surface area contributed by atoms with Crippen molar-refractivity contribution < 1.29 is 0 Å². The maximum atomic E-state index is 3.79. The minimum absolute atomic E-state index is 0.409. The van der Waals surface area contributed by atoms with Crippen LogP contribution >= 0.6 is 0 Å². The summed E-state index contributed by atoms with van der Waals surface area (Å²) >= 11 is 0. The van der Waals surface area contributed by atoms with Gasteiger partial charge < -0.3 is 5.32 Å². The van der Waals surface area contributed by atoms with Gasteiger partial charge in [0, 0.05) is 37.6 Å². The van der Waals surface area contributed by atoms with Gasteiger partial charge in [0.05, 0.1) is 0 Å². The molecule has 4 rings (SSSR count). The van der Waals surface area contributed by atoms with Crippen molar-refractivity contribution in [2.45, 2.75) is 51.5 Å². The highest BCUT2D eigenvalue weighted by atomic mass is 15.2. The molecule has 2 nitrogen and oxygen atoms in total. The summed E-state index contributed by atoms with van der Waals surface area (Å²) in [6.07, 6.45) is 4.14. The Morgan fingerprint density at radius 2 is 1.54 bits per heavy atom. The average Bonchev–Trinajstić information content (AvgIpc) is 2.91. The van der Waals surface area contributed by atoms with Gasteiger partial charge in [-0.15, -0.1) is 0 Å². The smallest absolute Gasteiger partial charge is 0.0214 e. The number of benzene rings is 2. The fraction of sp³-hybridized carbons (Fsp3) is 0.538. The summed E-state index contributed by atoms with van der Waals surface area (Å²) in [6.45, 7) is 12.0. The fourth-order valence-electron chi connectivity index (χ4n) is 6.17. The Morgan fingerprint density at radius 3 is 2.14 bits per heavy atom. The third kappa shape index (κ3) is 4.34. The van der Waals surface area contributed by atoms with Gasteiger partial charge >= 0.3 is 0 Å². The fourth-order valence-corrected chi connectivity index (χ4v) is 6.17. The summed E-state index contributed by atoms with van der Waals surface area (Å²) in [5.41, 5.74) is 3.71. The standard InChI is InChI=1S/C26H36N2/c1-25(2)16-21-17-26(3,20-25)28(19-21)15-14-27-18-24(22-10-6-4-7-11-22)23-12-8-5-9-13-23/h4-13,21,24,27H,14-20H2,1-3H3. The summed E-state index contributed by atoms with van der Waals surface area (Å²) in [4.78, 5) is 2.78. The summed E-state index contributed by atoms with van der Waals surface area (Å²) in [7, 11) is 0. The van der Waals surface area contributed by atoms with Crippen LogP contribution in [0.2, 0.25) is 0 Å². The van der Waals surface area contributed by atoms with E-state index in [0.29, 0.717) is 16.9 Å². The number of hydrogen-bond acceptors (Lipinski definition) is 2. The van der Waals surface area contributed by atoms with Crippen molar-refractivity contribution in [1.29, 1.82) is 0 Å². The van der Waals surface area contributed by atoms with E-state index in [0.717, 1.165) is 19.0 Å². The first-order chi connectivity index (χ1) is 13.5. The predicted molar refractivity (Wildman–Crippen MR) is 119 cm³/mol. The number of fused-ring (bicyclic) bond motifs is 2. The summed E-state index contributed by atoms with van der Waals surface area (Å²) < 4.78 is 0. The quantitative estimate of drug-likeness (QED) is 0.659. The zero-order valence-electron chi connectivity index (χ0n) is 17.8. The van der Waals surface area contributed by atoms with Gasteiger partial charge in [-0.2, -0.15) is 0 Å². The topological polar surface area (TPSA) is 15.3 Å². The van der Waals surface area contributed by atoms with Crippen LogP contribution in [-0.2, 0) is 0 Å². The Kier molecular flexibility index (Phi) is 5.62. The Morgan fingerprint density at radius 1 is 0.929 bits per heavy atom. The lowest BCUT2D eigenvalue weighted by molar-refractivity contribution is 0.0836. The maximum Gasteiger partial charge on any atom is 0.0214 e. The minimum atomic E-state index is 0.409. The minimum Gasteiger partial charge on any atom is -0.315 e. The van der Waals surface area contributed by atoms with Crippen molar-refractivity contribution in [3.63, 3.8) is 0 Å². The molecular weight excluding hydrogens is 340 g/mol. The molecular formula is C26H36N2. The van der Waals surface area contributed by atoms with Crippen molar-refractivity contribution in [1.82, 2.24) is 10.2 Å². The first kappa shape index (κ1) is 19.7. The van der Waals surface area contributed by atoms with Crippen LogP contribution in [0.4, 0.5) is 0 Å². The summed E-state index contributed by atoms with van der Waals surface area (Å²) in [5, 5.41) is 3.79. The van der Waals surface area contributed by atoms with Gasteiger partial charge in [-0.3, -0.25) is 4.90 Å². The number of nitrogens with one attached hydrogen (secondary N) is 1. The van der Waals surface area contributed by atoms with E-state index in [4.69, 9.17) is 0 Å². The highest BCUT2D eigenvalue weighted by Crippen LogP contribution is 2.51. The Labute approximate surface area is 171 Å². The van der Waals surface area contributed by atoms with E-state index in [2.05, 4.69) is 91.7 Å². The van der Waals surface area contributed by atoms with Gasteiger partial charge in [-0.25, -0.2) is 0 Å². The van der Waals surface area contributed by atoms with Crippen molar-refractivity contribution in [3.05, 3.63) is 71.8 Å².